The minimum atomic E-state index is -8.57. The van der Waals surface area contributed by atoms with Crippen molar-refractivity contribution in [2.24, 2.45) is 0 Å². The van der Waals surface area contributed by atoms with E-state index in [-0.39, 0.29) is 6.08 Å². The summed E-state index contributed by atoms with van der Waals surface area (Å²) in [5, 5.41) is 9.32. The lowest BCUT2D eigenvalue weighted by molar-refractivity contribution is -0.458. The Bertz CT molecular complexity index is 698. The molecule has 0 aliphatic carbocycles. The van der Waals surface area contributed by atoms with E-state index < -0.39 is 66.5 Å². The third-order valence-electron chi connectivity index (χ3n) is 3.87. The lowest BCUT2D eigenvalue weighted by Gasteiger charge is -2.43. The number of hydrogen-bond donors (Lipinski definition) is 1. The maximum absolute atomic E-state index is 13.8. The molecule has 19 heteroatoms. The molecular formula is C14H11F15O4. The van der Waals surface area contributed by atoms with Gasteiger partial charge in [-0.05, 0) is 0 Å². The van der Waals surface area contributed by atoms with Gasteiger partial charge in [0.1, 0.15) is 6.10 Å². The van der Waals surface area contributed by atoms with E-state index in [2.05, 4.69) is 16.1 Å². The first kappa shape index (κ1) is 31.1. The Morgan fingerprint density at radius 3 is 1.52 bits per heavy atom. The van der Waals surface area contributed by atoms with Crippen LogP contribution in [0, 0.1) is 0 Å². The number of carbonyl (C=O) groups excluding carboxylic acids is 1. The van der Waals surface area contributed by atoms with E-state index in [4.69, 9.17) is 0 Å². The standard InChI is InChI=1S/C14H11F15O4/c1-3-6(31)33-7(32-2)5(30)4-8(15,16)10(18,19)12(22,23)11(20,21)9(17,13(24,25)26)14(27,28)29/h3,5,7,30H,1,4H2,2H3. The molecule has 2 unspecified atom stereocenters. The molecule has 0 fully saturated rings. The molecule has 1 N–H and O–H groups in total. The number of hydrogen-bond acceptors (Lipinski definition) is 4. The molecule has 0 amide bonds. The van der Waals surface area contributed by atoms with Gasteiger partial charge in [-0.2, -0.15) is 61.5 Å². The Labute approximate surface area is 172 Å². The largest absolute Gasteiger partial charge is 0.438 e. The van der Waals surface area contributed by atoms with Crippen LogP contribution in [-0.2, 0) is 14.3 Å². The average molecular weight is 528 g/mol. The minimum absolute atomic E-state index is 0.273. The molecule has 0 saturated carbocycles. The first-order valence-electron chi connectivity index (χ1n) is 7.67. The van der Waals surface area contributed by atoms with Gasteiger partial charge in [-0.3, -0.25) is 0 Å². The van der Waals surface area contributed by atoms with Crippen LogP contribution in [0.5, 0.6) is 0 Å². The molecule has 0 aromatic carbocycles. The van der Waals surface area contributed by atoms with Gasteiger partial charge in [0.05, 0.1) is 0 Å². The third-order valence-corrected chi connectivity index (χ3v) is 3.87. The van der Waals surface area contributed by atoms with Gasteiger partial charge < -0.3 is 14.6 Å². The summed E-state index contributed by atoms with van der Waals surface area (Å²) < 4.78 is 205. The lowest BCUT2D eigenvalue weighted by Crippen LogP contribution is -2.75. The second-order valence-corrected chi connectivity index (χ2v) is 6.10. The number of methoxy groups -OCH3 is 1. The highest BCUT2D eigenvalue weighted by atomic mass is 19.4. The Hall–Kier alpha value is -1.92. The molecule has 0 aliphatic heterocycles. The van der Waals surface area contributed by atoms with Crippen LogP contribution in [0.3, 0.4) is 0 Å². The van der Waals surface area contributed by atoms with Crippen molar-refractivity contribution in [3.8, 4) is 0 Å². The zero-order valence-corrected chi connectivity index (χ0v) is 15.5. The summed E-state index contributed by atoms with van der Waals surface area (Å²) in [7, 11) is 0.438. The Morgan fingerprint density at radius 2 is 1.21 bits per heavy atom. The third kappa shape index (κ3) is 4.97. The van der Waals surface area contributed by atoms with E-state index in [9.17, 15) is 75.8 Å². The molecule has 2 atom stereocenters. The Morgan fingerprint density at radius 1 is 0.818 bits per heavy atom. The minimum Gasteiger partial charge on any atom is -0.430 e. The van der Waals surface area contributed by atoms with Crippen LogP contribution in [-0.4, -0.2) is 72.3 Å². The predicted molar refractivity (Wildman–Crippen MR) is 73.4 cm³/mol. The molecule has 33 heavy (non-hydrogen) atoms. The van der Waals surface area contributed by atoms with Gasteiger partial charge in [-0.25, -0.2) is 9.18 Å². The summed E-state index contributed by atoms with van der Waals surface area (Å²) in [6.45, 7) is 2.76. The van der Waals surface area contributed by atoms with Crippen molar-refractivity contribution in [3.63, 3.8) is 0 Å². The number of alkyl halides is 15. The van der Waals surface area contributed by atoms with Crippen LogP contribution >= 0.6 is 0 Å². The number of rotatable bonds is 10. The maximum atomic E-state index is 13.8. The van der Waals surface area contributed by atoms with Crippen molar-refractivity contribution in [1.82, 2.24) is 0 Å². The molecule has 0 bridgehead atoms. The average Bonchev–Trinajstić information content (AvgIpc) is 2.61. The smallest absolute Gasteiger partial charge is 0.430 e. The van der Waals surface area contributed by atoms with Gasteiger partial charge in [0.15, 0.2) is 0 Å². The normalized spacial score (nSPS) is 16.9. The van der Waals surface area contributed by atoms with Crippen molar-refractivity contribution < 1.29 is 85.2 Å². The van der Waals surface area contributed by atoms with Gasteiger partial charge in [0, 0.05) is 19.6 Å². The first-order chi connectivity index (χ1) is 14.3. The highest BCUT2D eigenvalue weighted by Gasteiger charge is 2.95. The monoisotopic (exact) mass is 528 g/mol. The van der Waals surface area contributed by atoms with E-state index in [1.54, 1.807) is 0 Å². The van der Waals surface area contributed by atoms with Crippen LogP contribution < -0.4 is 0 Å². The molecule has 0 spiro atoms. The second-order valence-electron chi connectivity index (χ2n) is 6.10. The van der Waals surface area contributed by atoms with Crippen LogP contribution in [0.2, 0.25) is 0 Å². The van der Waals surface area contributed by atoms with Gasteiger partial charge in [0.25, 0.3) is 0 Å². The summed E-state index contributed by atoms with van der Waals surface area (Å²) in [5.41, 5.74) is -8.41. The number of aliphatic hydroxyl groups excluding tert-OH is 1. The topological polar surface area (TPSA) is 55.8 Å². The molecule has 0 radical (unpaired) electrons. The van der Waals surface area contributed by atoms with Crippen molar-refractivity contribution >= 4 is 5.97 Å². The summed E-state index contributed by atoms with van der Waals surface area (Å²) in [6, 6.07) is 0. The molecule has 0 aliphatic rings. The molecule has 0 saturated heterocycles. The van der Waals surface area contributed by atoms with Crippen molar-refractivity contribution in [2.75, 3.05) is 7.11 Å². The second kappa shape index (κ2) is 9.03. The van der Waals surface area contributed by atoms with E-state index >= 15 is 0 Å². The number of halogens is 15. The number of carbonyl (C=O) groups is 1. The van der Waals surface area contributed by atoms with E-state index in [0.717, 1.165) is 0 Å². The molecule has 0 aromatic heterocycles. The SMILES string of the molecule is C=CC(=O)OC(OC)C(O)CC(F)(F)C(F)(F)C(F)(F)C(F)(F)C(F)(C(F)(F)F)C(F)(F)F. The number of esters is 1. The van der Waals surface area contributed by atoms with Gasteiger partial charge >= 0.3 is 47.7 Å². The highest BCUT2D eigenvalue weighted by molar-refractivity contribution is 5.81. The van der Waals surface area contributed by atoms with Crippen LogP contribution in [0.4, 0.5) is 65.9 Å². The fraction of sp³-hybridized carbons (Fsp3) is 0.786. The zero-order valence-electron chi connectivity index (χ0n) is 15.5. The molecule has 0 rings (SSSR count). The zero-order chi connectivity index (χ0) is 27.1. The van der Waals surface area contributed by atoms with Gasteiger partial charge in [0.2, 0.25) is 6.29 Å². The molecular weight excluding hydrogens is 517 g/mol. The van der Waals surface area contributed by atoms with Crippen LogP contribution in [0.1, 0.15) is 6.42 Å². The molecule has 4 nitrogen and oxygen atoms in total. The highest BCUT2D eigenvalue weighted by Crippen LogP contribution is 2.64. The van der Waals surface area contributed by atoms with Crippen molar-refractivity contribution in [2.45, 2.75) is 60.5 Å². The Kier molecular flexibility index (Phi) is 8.50. The quantitative estimate of drug-likeness (QED) is 0.192. The van der Waals surface area contributed by atoms with Crippen molar-refractivity contribution in [3.05, 3.63) is 12.7 Å². The summed E-state index contributed by atoms with van der Waals surface area (Å²) in [5.74, 6) is -33.2. The molecule has 196 valence electrons. The van der Waals surface area contributed by atoms with Crippen LogP contribution in [0.25, 0.3) is 0 Å². The number of ether oxygens (including phenoxy) is 2. The summed E-state index contributed by atoms with van der Waals surface area (Å²) in [4.78, 5) is 10.9. The maximum Gasteiger partial charge on any atom is 0.438 e. The van der Waals surface area contributed by atoms with E-state index in [0.29, 0.717) is 7.11 Å². The first-order valence-corrected chi connectivity index (χ1v) is 7.67. The summed E-state index contributed by atoms with van der Waals surface area (Å²) in [6.07, 6.45) is -25.0. The fourth-order valence-electron chi connectivity index (χ4n) is 2.09. The number of aliphatic hydroxyl groups is 1. The van der Waals surface area contributed by atoms with E-state index in [1.165, 1.54) is 0 Å². The van der Waals surface area contributed by atoms with Gasteiger partial charge in [-0.1, -0.05) is 6.58 Å². The summed E-state index contributed by atoms with van der Waals surface area (Å²) >= 11 is 0. The molecule has 0 aromatic rings. The fourth-order valence-corrected chi connectivity index (χ4v) is 2.09. The van der Waals surface area contributed by atoms with Crippen molar-refractivity contribution in [1.29, 1.82) is 0 Å². The Balaban J connectivity index is 6.47. The van der Waals surface area contributed by atoms with E-state index in [1.807, 2.05) is 0 Å². The predicted octanol–water partition coefficient (Wildman–Crippen LogP) is 4.81. The van der Waals surface area contributed by atoms with Gasteiger partial charge in [-0.15, -0.1) is 0 Å². The lowest BCUT2D eigenvalue weighted by atomic mass is 9.85. The van der Waals surface area contributed by atoms with Crippen LogP contribution in [0.15, 0.2) is 12.7 Å². The molecule has 0 heterocycles.